The molecule has 0 heterocycles. The molecule has 13 heavy (non-hydrogen) atoms. The number of rotatable bonds is 3. The van der Waals surface area contributed by atoms with Crippen molar-refractivity contribution in [3.8, 4) is 5.75 Å². The van der Waals surface area contributed by atoms with Crippen LogP contribution >= 0.6 is 11.6 Å². The van der Waals surface area contributed by atoms with Crippen LogP contribution in [0.25, 0.3) is 0 Å². The number of carbonyl (C=O) groups is 1. The van der Waals surface area contributed by atoms with Gasteiger partial charge in [-0.1, -0.05) is 17.7 Å². The molecule has 0 aromatic heterocycles. The molecule has 0 aliphatic rings. The van der Waals surface area contributed by atoms with Crippen LogP contribution in [0.3, 0.4) is 0 Å². The highest BCUT2D eigenvalue weighted by Gasteiger charge is 2.12. The molecule has 4 nitrogen and oxygen atoms in total. The highest BCUT2D eigenvalue weighted by molar-refractivity contribution is 6.30. The zero-order valence-electron chi connectivity index (χ0n) is 6.57. The summed E-state index contributed by atoms with van der Waals surface area (Å²) in [5, 5.41) is 20.0. The van der Waals surface area contributed by atoms with Gasteiger partial charge in [-0.15, -0.1) is 0 Å². The topological polar surface area (TPSA) is 69.6 Å². The van der Waals surface area contributed by atoms with Gasteiger partial charge in [0.15, 0.2) is 5.50 Å². The Labute approximate surface area is 79.8 Å². The van der Waals surface area contributed by atoms with Crippen molar-refractivity contribution in [1.82, 2.24) is 0 Å². The fraction of sp³-hybridized carbons (Fsp3) is 0.125. The first-order valence-corrected chi connectivity index (χ1v) is 3.95. The van der Waals surface area contributed by atoms with Crippen LogP contribution in [0.2, 0.25) is 0 Å². The van der Waals surface area contributed by atoms with E-state index in [1.165, 1.54) is 12.1 Å². The number of carboxylic acids is 1. The number of halogens is 1. The van der Waals surface area contributed by atoms with Crippen LogP contribution < -0.4 is 5.32 Å². The predicted molar refractivity (Wildman–Crippen MR) is 49.0 cm³/mol. The normalized spacial score (nSPS) is 12.1. The lowest BCUT2D eigenvalue weighted by Gasteiger charge is -2.08. The molecule has 1 atom stereocenters. The van der Waals surface area contributed by atoms with Gasteiger partial charge in [-0.25, -0.2) is 4.79 Å². The Morgan fingerprint density at radius 1 is 1.54 bits per heavy atom. The van der Waals surface area contributed by atoms with Gasteiger partial charge < -0.3 is 15.5 Å². The van der Waals surface area contributed by atoms with E-state index in [0.29, 0.717) is 5.69 Å². The van der Waals surface area contributed by atoms with E-state index in [1.807, 2.05) is 0 Å². The molecule has 0 aliphatic heterocycles. The molecule has 0 saturated heterocycles. The van der Waals surface area contributed by atoms with Gasteiger partial charge in [0.1, 0.15) is 5.75 Å². The van der Waals surface area contributed by atoms with Crippen LogP contribution in [0.4, 0.5) is 5.69 Å². The van der Waals surface area contributed by atoms with Crippen molar-refractivity contribution in [1.29, 1.82) is 0 Å². The van der Waals surface area contributed by atoms with Gasteiger partial charge in [-0.05, 0) is 12.1 Å². The van der Waals surface area contributed by atoms with E-state index in [9.17, 15) is 4.79 Å². The summed E-state index contributed by atoms with van der Waals surface area (Å²) >= 11 is 5.41. The molecule has 0 fully saturated rings. The zero-order valence-corrected chi connectivity index (χ0v) is 7.32. The van der Waals surface area contributed by atoms with Crippen LogP contribution in [0, 0.1) is 0 Å². The average Bonchev–Trinajstić information content (AvgIpc) is 2.04. The number of carboxylic acid groups (broad SMARTS) is 1. The zero-order chi connectivity index (χ0) is 9.84. The van der Waals surface area contributed by atoms with Crippen molar-refractivity contribution in [2.75, 3.05) is 5.32 Å². The van der Waals surface area contributed by atoms with Crippen molar-refractivity contribution in [3.63, 3.8) is 0 Å². The number of aromatic hydroxyl groups is 1. The summed E-state index contributed by atoms with van der Waals surface area (Å²) in [6.07, 6.45) is 0. The Kier molecular flexibility index (Phi) is 2.97. The molecule has 5 heteroatoms. The van der Waals surface area contributed by atoms with Gasteiger partial charge in [-0.2, -0.15) is 0 Å². The van der Waals surface area contributed by atoms with E-state index in [4.69, 9.17) is 21.8 Å². The quantitative estimate of drug-likeness (QED) is 0.512. The number of phenols is 1. The third-order valence-corrected chi connectivity index (χ3v) is 1.65. The Balaban J connectivity index is 2.69. The van der Waals surface area contributed by atoms with Crippen molar-refractivity contribution in [2.45, 2.75) is 5.50 Å². The number of phenolic OH excluding ortho intramolecular Hbond substituents is 1. The second-order valence-electron chi connectivity index (χ2n) is 2.40. The standard InChI is InChI=1S/C8H8ClNO3/c9-7(8(12)13)10-5-2-1-3-6(11)4-5/h1-4,7,10-11H,(H,12,13). The molecular formula is C8H8ClNO3. The second-order valence-corrected chi connectivity index (χ2v) is 2.83. The molecule has 0 radical (unpaired) electrons. The smallest absolute Gasteiger partial charge is 0.341 e. The van der Waals surface area contributed by atoms with Crippen molar-refractivity contribution < 1.29 is 15.0 Å². The van der Waals surface area contributed by atoms with Gasteiger partial charge in [0, 0.05) is 11.8 Å². The van der Waals surface area contributed by atoms with Gasteiger partial charge in [0.25, 0.3) is 0 Å². The van der Waals surface area contributed by atoms with Crippen LogP contribution in [0.15, 0.2) is 24.3 Å². The number of aliphatic carboxylic acids is 1. The van der Waals surface area contributed by atoms with E-state index in [-0.39, 0.29) is 5.75 Å². The number of anilines is 1. The summed E-state index contributed by atoms with van der Waals surface area (Å²) < 4.78 is 0. The fourth-order valence-corrected chi connectivity index (χ4v) is 0.930. The monoisotopic (exact) mass is 201 g/mol. The Morgan fingerprint density at radius 3 is 2.77 bits per heavy atom. The molecule has 0 aliphatic carbocycles. The second kappa shape index (κ2) is 4.00. The van der Waals surface area contributed by atoms with Gasteiger partial charge in [-0.3, -0.25) is 0 Å². The summed E-state index contributed by atoms with van der Waals surface area (Å²) in [5.74, 6) is -1.11. The Morgan fingerprint density at radius 2 is 2.23 bits per heavy atom. The minimum absolute atomic E-state index is 0.0549. The molecule has 1 unspecified atom stereocenters. The molecule has 0 saturated carbocycles. The average molecular weight is 202 g/mol. The molecular weight excluding hydrogens is 194 g/mol. The summed E-state index contributed by atoms with van der Waals surface area (Å²) in [7, 11) is 0. The third-order valence-electron chi connectivity index (χ3n) is 1.36. The van der Waals surface area contributed by atoms with Crippen molar-refractivity contribution >= 4 is 23.3 Å². The van der Waals surface area contributed by atoms with Crippen molar-refractivity contribution in [2.24, 2.45) is 0 Å². The third kappa shape index (κ3) is 2.83. The number of benzene rings is 1. The largest absolute Gasteiger partial charge is 0.508 e. The number of hydrogen-bond acceptors (Lipinski definition) is 3. The lowest BCUT2D eigenvalue weighted by molar-refractivity contribution is -0.136. The number of hydrogen-bond donors (Lipinski definition) is 3. The first-order chi connectivity index (χ1) is 6.09. The molecule has 1 aromatic carbocycles. The molecule has 0 bridgehead atoms. The maximum atomic E-state index is 10.3. The van der Waals surface area contributed by atoms with E-state index in [1.54, 1.807) is 12.1 Å². The van der Waals surface area contributed by atoms with Crippen molar-refractivity contribution in [3.05, 3.63) is 24.3 Å². The summed E-state index contributed by atoms with van der Waals surface area (Å²) in [6.45, 7) is 0. The lowest BCUT2D eigenvalue weighted by atomic mass is 10.3. The molecule has 0 spiro atoms. The minimum atomic E-state index is -1.19. The van der Waals surface area contributed by atoms with E-state index in [2.05, 4.69) is 5.32 Å². The highest BCUT2D eigenvalue weighted by Crippen LogP contribution is 2.16. The molecule has 3 N–H and O–H groups in total. The maximum absolute atomic E-state index is 10.3. The van der Waals surface area contributed by atoms with Gasteiger partial charge in [0.05, 0.1) is 0 Å². The molecule has 0 amide bonds. The number of alkyl halides is 1. The first-order valence-electron chi connectivity index (χ1n) is 3.52. The van der Waals surface area contributed by atoms with E-state index < -0.39 is 11.5 Å². The Hall–Kier alpha value is -1.42. The highest BCUT2D eigenvalue weighted by atomic mass is 35.5. The predicted octanol–water partition coefficient (Wildman–Crippen LogP) is 1.45. The SMILES string of the molecule is O=C(O)C(Cl)Nc1cccc(O)c1. The van der Waals surface area contributed by atoms with Crippen LogP contribution in [-0.4, -0.2) is 21.7 Å². The van der Waals surface area contributed by atoms with E-state index in [0.717, 1.165) is 0 Å². The van der Waals surface area contributed by atoms with E-state index >= 15 is 0 Å². The maximum Gasteiger partial charge on any atom is 0.341 e. The molecule has 1 rings (SSSR count). The minimum Gasteiger partial charge on any atom is -0.508 e. The van der Waals surface area contributed by atoms with Crippen LogP contribution in [-0.2, 0) is 4.79 Å². The Bertz CT molecular complexity index is 316. The van der Waals surface area contributed by atoms with Crippen LogP contribution in [0.5, 0.6) is 5.75 Å². The number of nitrogens with one attached hydrogen (secondary N) is 1. The van der Waals surface area contributed by atoms with Gasteiger partial charge >= 0.3 is 5.97 Å². The van der Waals surface area contributed by atoms with Gasteiger partial charge in [0.2, 0.25) is 0 Å². The molecule has 70 valence electrons. The molecule has 1 aromatic rings. The fourth-order valence-electron chi connectivity index (χ4n) is 0.804. The summed E-state index contributed by atoms with van der Waals surface area (Å²) in [5.41, 5.74) is -0.732. The van der Waals surface area contributed by atoms with Crippen LogP contribution in [0.1, 0.15) is 0 Å². The summed E-state index contributed by atoms with van der Waals surface area (Å²) in [6, 6.07) is 6.06. The summed E-state index contributed by atoms with van der Waals surface area (Å²) in [4.78, 5) is 10.3. The first kappa shape index (κ1) is 9.67. The lowest BCUT2D eigenvalue weighted by Crippen LogP contribution is -2.22.